The summed E-state index contributed by atoms with van der Waals surface area (Å²) in [6.07, 6.45) is 14.0. The summed E-state index contributed by atoms with van der Waals surface area (Å²) in [6, 6.07) is 19.3. The molecule has 3 aromatic carbocycles. The van der Waals surface area contributed by atoms with Crippen LogP contribution in [0.4, 0.5) is 0 Å². The molecule has 0 bridgehead atoms. The molecule has 0 atom stereocenters. The van der Waals surface area contributed by atoms with Gasteiger partial charge in [0.05, 0.1) is 0 Å². The van der Waals surface area contributed by atoms with Crippen LogP contribution in [0.25, 0.3) is 21.5 Å². The highest BCUT2D eigenvalue weighted by Crippen LogP contribution is 2.36. The fourth-order valence-electron chi connectivity index (χ4n) is 5.41. The van der Waals surface area contributed by atoms with Crippen LogP contribution in [-0.4, -0.2) is 0 Å². The zero-order valence-electron chi connectivity index (χ0n) is 15.8. The molecule has 0 unspecified atom stereocenters. The summed E-state index contributed by atoms with van der Waals surface area (Å²) < 4.78 is 0. The summed E-state index contributed by atoms with van der Waals surface area (Å²) in [6.45, 7) is 0. The van der Waals surface area contributed by atoms with Crippen molar-refractivity contribution in [3.8, 4) is 0 Å². The summed E-state index contributed by atoms with van der Waals surface area (Å²) in [5.41, 5.74) is 3.13. The Kier molecular flexibility index (Phi) is 4.44. The molecule has 2 aliphatic carbocycles. The van der Waals surface area contributed by atoms with Crippen molar-refractivity contribution in [1.82, 2.24) is 0 Å². The SMILES string of the molecule is c1cc2cc3cc(C4CCCCC4)ccc3cc2cc1C1CCCCC1. The van der Waals surface area contributed by atoms with E-state index < -0.39 is 0 Å². The number of fused-ring (bicyclic) bond motifs is 2. The highest BCUT2D eigenvalue weighted by atomic mass is 14.2. The largest absolute Gasteiger partial charge is 0.0581 e. The van der Waals surface area contributed by atoms with Crippen LogP contribution in [0.1, 0.15) is 87.2 Å². The number of benzene rings is 3. The van der Waals surface area contributed by atoms with Crippen molar-refractivity contribution in [2.24, 2.45) is 0 Å². The first-order valence-electron chi connectivity index (χ1n) is 10.8. The van der Waals surface area contributed by atoms with Gasteiger partial charge in [0.1, 0.15) is 0 Å². The minimum Gasteiger partial charge on any atom is -0.0581 e. The minimum absolute atomic E-state index is 0.789. The van der Waals surface area contributed by atoms with Crippen molar-refractivity contribution in [2.75, 3.05) is 0 Å². The molecule has 0 radical (unpaired) electrons. The third-order valence-electron chi connectivity index (χ3n) is 7.00. The van der Waals surface area contributed by atoms with E-state index in [-0.39, 0.29) is 0 Å². The summed E-state index contributed by atoms with van der Waals surface area (Å²) in [5, 5.41) is 5.65. The molecule has 0 saturated heterocycles. The van der Waals surface area contributed by atoms with Crippen LogP contribution in [0.3, 0.4) is 0 Å². The van der Waals surface area contributed by atoms with Gasteiger partial charge in [-0.05, 0) is 82.3 Å². The van der Waals surface area contributed by atoms with Gasteiger partial charge in [-0.1, -0.05) is 74.9 Å². The highest BCUT2D eigenvalue weighted by molar-refractivity contribution is 5.98. The molecule has 134 valence electrons. The maximum atomic E-state index is 2.47. The number of hydrogen-bond acceptors (Lipinski definition) is 0. The van der Waals surface area contributed by atoms with Gasteiger partial charge in [-0.15, -0.1) is 0 Å². The Balaban J connectivity index is 1.51. The number of rotatable bonds is 2. The molecule has 0 N–H and O–H groups in total. The fourth-order valence-corrected chi connectivity index (χ4v) is 5.41. The predicted octanol–water partition coefficient (Wildman–Crippen LogP) is 8.09. The summed E-state index contributed by atoms with van der Waals surface area (Å²) >= 11 is 0. The third-order valence-corrected chi connectivity index (χ3v) is 7.00. The lowest BCUT2D eigenvalue weighted by atomic mass is 9.82. The van der Waals surface area contributed by atoms with E-state index in [2.05, 4.69) is 48.5 Å². The molecule has 26 heavy (non-hydrogen) atoms. The molecule has 0 aromatic heterocycles. The van der Waals surface area contributed by atoms with Crippen LogP contribution in [-0.2, 0) is 0 Å². The van der Waals surface area contributed by atoms with E-state index in [1.807, 2.05) is 0 Å². The molecular formula is C26H30. The zero-order valence-corrected chi connectivity index (χ0v) is 15.8. The standard InChI is InChI=1S/C26H30/c1-3-7-19(8-4-1)21-11-13-23-18-26-16-22(20-9-5-2-6-10-20)12-14-24(26)17-25(23)15-21/h11-20H,1-10H2. The van der Waals surface area contributed by atoms with Gasteiger partial charge in [-0.25, -0.2) is 0 Å². The Labute approximate surface area is 157 Å². The van der Waals surface area contributed by atoms with E-state index in [1.54, 1.807) is 11.1 Å². The lowest BCUT2D eigenvalue weighted by Crippen LogP contribution is -2.04. The van der Waals surface area contributed by atoms with Gasteiger partial charge < -0.3 is 0 Å². The summed E-state index contributed by atoms with van der Waals surface area (Å²) in [7, 11) is 0. The molecule has 0 heterocycles. The maximum Gasteiger partial charge on any atom is -0.0162 e. The summed E-state index contributed by atoms with van der Waals surface area (Å²) in [5.74, 6) is 1.58. The first-order valence-corrected chi connectivity index (χ1v) is 10.8. The van der Waals surface area contributed by atoms with E-state index in [9.17, 15) is 0 Å². The van der Waals surface area contributed by atoms with Crippen molar-refractivity contribution in [1.29, 1.82) is 0 Å². The van der Waals surface area contributed by atoms with Crippen LogP contribution in [0, 0.1) is 0 Å². The van der Waals surface area contributed by atoms with Crippen molar-refractivity contribution in [2.45, 2.75) is 76.0 Å². The van der Waals surface area contributed by atoms with Crippen LogP contribution < -0.4 is 0 Å². The first kappa shape index (κ1) is 16.4. The van der Waals surface area contributed by atoms with E-state index in [4.69, 9.17) is 0 Å². The molecule has 5 rings (SSSR count). The molecule has 0 aliphatic heterocycles. The zero-order chi connectivity index (χ0) is 17.3. The Hall–Kier alpha value is -1.82. The first-order chi connectivity index (χ1) is 12.9. The van der Waals surface area contributed by atoms with Gasteiger partial charge in [-0.2, -0.15) is 0 Å². The van der Waals surface area contributed by atoms with E-state index in [1.165, 1.54) is 85.8 Å². The Bertz CT molecular complexity index is 830. The monoisotopic (exact) mass is 342 g/mol. The smallest absolute Gasteiger partial charge is 0.0162 e. The molecule has 0 heteroatoms. The summed E-state index contributed by atoms with van der Waals surface area (Å²) in [4.78, 5) is 0. The Morgan fingerprint density at radius 1 is 0.423 bits per heavy atom. The molecule has 0 spiro atoms. The van der Waals surface area contributed by atoms with Gasteiger partial charge in [0.15, 0.2) is 0 Å². The van der Waals surface area contributed by atoms with Crippen LogP contribution in [0.2, 0.25) is 0 Å². The second-order valence-electron chi connectivity index (χ2n) is 8.74. The van der Waals surface area contributed by atoms with Gasteiger partial charge in [0, 0.05) is 0 Å². The van der Waals surface area contributed by atoms with Crippen LogP contribution in [0.15, 0.2) is 48.5 Å². The molecule has 3 aromatic rings. The maximum absolute atomic E-state index is 2.47. The fraction of sp³-hybridized carbons (Fsp3) is 0.462. The third kappa shape index (κ3) is 3.15. The molecule has 2 aliphatic rings. The van der Waals surface area contributed by atoms with Gasteiger partial charge >= 0.3 is 0 Å². The molecule has 2 saturated carbocycles. The average Bonchev–Trinajstić information content (AvgIpc) is 2.73. The molecule has 0 nitrogen and oxygen atoms in total. The molecular weight excluding hydrogens is 312 g/mol. The Morgan fingerprint density at radius 2 is 0.846 bits per heavy atom. The van der Waals surface area contributed by atoms with Crippen LogP contribution >= 0.6 is 0 Å². The minimum atomic E-state index is 0.789. The van der Waals surface area contributed by atoms with E-state index in [0.717, 1.165) is 11.8 Å². The number of hydrogen-bond donors (Lipinski definition) is 0. The normalized spacial score (nSPS) is 20.0. The van der Waals surface area contributed by atoms with E-state index in [0.29, 0.717) is 0 Å². The second-order valence-corrected chi connectivity index (χ2v) is 8.74. The average molecular weight is 343 g/mol. The second kappa shape index (κ2) is 7.06. The van der Waals surface area contributed by atoms with Gasteiger partial charge in [0.25, 0.3) is 0 Å². The topological polar surface area (TPSA) is 0 Å². The lowest BCUT2D eigenvalue weighted by Gasteiger charge is -2.23. The molecule has 2 fully saturated rings. The quantitative estimate of drug-likeness (QED) is 0.413. The van der Waals surface area contributed by atoms with Crippen LogP contribution in [0.5, 0.6) is 0 Å². The predicted molar refractivity (Wildman–Crippen MR) is 113 cm³/mol. The van der Waals surface area contributed by atoms with Crippen molar-refractivity contribution in [3.63, 3.8) is 0 Å². The van der Waals surface area contributed by atoms with E-state index >= 15 is 0 Å². The van der Waals surface area contributed by atoms with Crippen molar-refractivity contribution >= 4 is 21.5 Å². The van der Waals surface area contributed by atoms with Crippen molar-refractivity contribution in [3.05, 3.63) is 59.7 Å². The van der Waals surface area contributed by atoms with Gasteiger partial charge in [-0.3, -0.25) is 0 Å². The van der Waals surface area contributed by atoms with Crippen molar-refractivity contribution < 1.29 is 0 Å². The van der Waals surface area contributed by atoms with Gasteiger partial charge in [0.2, 0.25) is 0 Å². The molecule has 0 amide bonds. The lowest BCUT2D eigenvalue weighted by molar-refractivity contribution is 0.444. The Morgan fingerprint density at radius 3 is 1.27 bits per heavy atom. The highest BCUT2D eigenvalue weighted by Gasteiger charge is 2.17.